The molecule has 4 rings (SSSR count). The SMILES string of the molecule is CCNc1cccc(Cl)c1NC1(C)CN(Cc2cc(CCC(=O)O)ccc2C)Cc2ccccc2O1. The van der Waals surface area contributed by atoms with Crippen LogP contribution >= 0.6 is 11.6 Å². The largest absolute Gasteiger partial charge is 0.481 e. The first-order chi connectivity index (χ1) is 17.3. The summed E-state index contributed by atoms with van der Waals surface area (Å²) in [6.07, 6.45) is 0.648. The highest BCUT2D eigenvalue weighted by Crippen LogP contribution is 2.36. The number of hydrogen-bond donors (Lipinski definition) is 3. The van der Waals surface area contributed by atoms with E-state index < -0.39 is 11.7 Å². The molecule has 0 bridgehead atoms. The number of nitrogens with zero attached hydrogens (tertiary/aromatic N) is 1. The zero-order chi connectivity index (χ0) is 25.7. The molecule has 0 spiro atoms. The Kier molecular flexibility index (Phi) is 8.07. The van der Waals surface area contributed by atoms with Gasteiger partial charge >= 0.3 is 5.97 Å². The van der Waals surface area contributed by atoms with Gasteiger partial charge in [0.25, 0.3) is 0 Å². The number of para-hydroxylation sites is 2. The van der Waals surface area contributed by atoms with Gasteiger partial charge in [0.2, 0.25) is 0 Å². The third kappa shape index (κ3) is 6.31. The maximum absolute atomic E-state index is 11.1. The van der Waals surface area contributed by atoms with Gasteiger partial charge in [0.05, 0.1) is 22.9 Å². The number of benzene rings is 3. The van der Waals surface area contributed by atoms with Gasteiger partial charge in [0.15, 0.2) is 5.72 Å². The Morgan fingerprint density at radius 1 is 1.17 bits per heavy atom. The average molecular weight is 508 g/mol. The third-order valence-corrected chi connectivity index (χ3v) is 6.75. The summed E-state index contributed by atoms with van der Waals surface area (Å²) in [4.78, 5) is 13.4. The van der Waals surface area contributed by atoms with Crippen molar-refractivity contribution in [1.82, 2.24) is 4.90 Å². The molecular formula is C29H34ClN3O3. The van der Waals surface area contributed by atoms with E-state index in [0.29, 0.717) is 24.5 Å². The second kappa shape index (κ2) is 11.2. The van der Waals surface area contributed by atoms with Crippen LogP contribution in [0, 0.1) is 6.92 Å². The van der Waals surface area contributed by atoms with Crippen LogP contribution in [-0.4, -0.2) is 34.8 Å². The Morgan fingerprint density at radius 2 is 1.97 bits per heavy atom. The van der Waals surface area contributed by atoms with Gasteiger partial charge in [-0.15, -0.1) is 0 Å². The lowest BCUT2D eigenvalue weighted by molar-refractivity contribution is -0.136. The van der Waals surface area contributed by atoms with Crippen LogP contribution in [-0.2, 0) is 24.3 Å². The van der Waals surface area contributed by atoms with Crippen LogP contribution in [0.15, 0.2) is 60.7 Å². The van der Waals surface area contributed by atoms with Crippen LogP contribution in [0.3, 0.4) is 0 Å². The standard InChI is InChI=1S/C29H34ClN3O3/c1-4-31-25-10-7-9-24(30)28(25)32-29(3)19-33(17-22-8-5-6-11-26(22)36-29)18-23-16-21(13-12-20(23)2)14-15-27(34)35/h5-13,16,31-32H,4,14-15,17-19H2,1-3H3,(H,34,35). The predicted octanol–water partition coefficient (Wildman–Crippen LogP) is 6.32. The minimum atomic E-state index is -0.781. The van der Waals surface area contributed by atoms with Crippen molar-refractivity contribution in [2.45, 2.75) is 52.4 Å². The maximum atomic E-state index is 11.1. The van der Waals surface area contributed by atoms with Crippen molar-refractivity contribution in [1.29, 1.82) is 0 Å². The number of aryl methyl sites for hydroxylation is 2. The molecule has 190 valence electrons. The Balaban J connectivity index is 1.65. The van der Waals surface area contributed by atoms with Crippen molar-refractivity contribution in [3.8, 4) is 5.75 Å². The van der Waals surface area contributed by atoms with Crippen LogP contribution in [0.1, 0.15) is 42.5 Å². The number of aliphatic carboxylic acids is 1. The minimum Gasteiger partial charge on any atom is -0.481 e. The monoisotopic (exact) mass is 507 g/mol. The average Bonchev–Trinajstić information content (AvgIpc) is 2.97. The molecule has 1 aliphatic heterocycles. The molecule has 36 heavy (non-hydrogen) atoms. The number of rotatable bonds is 9. The predicted molar refractivity (Wildman–Crippen MR) is 146 cm³/mol. The highest BCUT2D eigenvalue weighted by Gasteiger charge is 2.34. The van der Waals surface area contributed by atoms with Gasteiger partial charge < -0.3 is 20.5 Å². The lowest BCUT2D eigenvalue weighted by atomic mass is 10.0. The molecule has 0 fully saturated rings. The highest BCUT2D eigenvalue weighted by atomic mass is 35.5. The van der Waals surface area contributed by atoms with Crippen molar-refractivity contribution < 1.29 is 14.6 Å². The summed E-state index contributed by atoms with van der Waals surface area (Å²) in [7, 11) is 0. The van der Waals surface area contributed by atoms with Crippen LogP contribution < -0.4 is 15.4 Å². The maximum Gasteiger partial charge on any atom is 0.303 e. The van der Waals surface area contributed by atoms with Gasteiger partial charge in [-0.3, -0.25) is 9.69 Å². The summed E-state index contributed by atoms with van der Waals surface area (Å²) < 4.78 is 6.62. The fourth-order valence-corrected chi connectivity index (χ4v) is 4.93. The lowest BCUT2D eigenvalue weighted by Gasteiger charge is -2.35. The Hall–Kier alpha value is -3.22. The summed E-state index contributed by atoms with van der Waals surface area (Å²) in [6, 6.07) is 20.2. The number of fused-ring (bicyclic) bond motifs is 1. The van der Waals surface area contributed by atoms with Crippen LogP contribution in [0.4, 0.5) is 11.4 Å². The van der Waals surface area contributed by atoms with E-state index in [9.17, 15) is 4.79 Å². The second-order valence-electron chi connectivity index (χ2n) is 9.56. The number of ether oxygens (including phenoxy) is 1. The number of carboxylic acids is 1. The molecule has 0 radical (unpaired) electrons. The summed E-state index contributed by atoms with van der Waals surface area (Å²) in [6.45, 7) is 9.04. The fraction of sp³-hybridized carbons (Fsp3) is 0.345. The van der Waals surface area contributed by atoms with Crippen molar-refractivity contribution in [2.24, 2.45) is 0 Å². The van der Waals surface area contributed by atoms with Crippen molar-refractivity contribution in [3.05, 3.63) is 87.9 Å². The first kappa shape index (κ1) is 25.9. The van der Waals surface area contributed by atoms with E-state index in [4.69, 9.17) is 21.4 Å². The molecule has 0 aliphatic carbocycles. The number of carboxylic acid groups (broad SMARTS) is 1. The molecule has 1 unspecified atom stereocenters. The fourth-order valence-electron chi connectivity index (χ4n) is 4.71. The van der Waals surface area contributed by atoms with Gasteiger partial charge in [0.1, 0.15) is 5.75 Å². The van der Waals surface area contributed by atoms with Gasteiger partial charge in [0, 0.05) is 31.6 Å². The smallest absolute Gasteiger partial charge is 0.303 e. The van der Waals surface area contributed by atoms with Gasteiger partial charge in [-0.1, -0.05) is 54.1 Å². The second-order valence-corrected chi connectivity index (χ2v) is 9.97. The zero-order valence-corrected chi connectivity index (χ0v) is 21.9. The number of halogens is 1. The van der Waals surface area contributed by atoms with Crippen LogP contribution in [0.25, 0.3) is 0 Å². The van der Waals surface area contributed by atoms with E-state index in [1.54, 1.807) is 0 Å². The number of hydrogen-bond acceptors (Lipinski definition) is 5. The molecule has 1 atom stereocenters. The molecule has 0 aromatic heterocycles. The van der Waals surface area contributed by atoms with E-state index in [0.717, 1.165) is 41.3 Å². The number of nitrogens with one attached hydrogen (secondary N) is 2. The molecule has 0 amide bonds. The summed E-state index contributed by atoms with van der Waals surface area (Å²) in [5.74, 6) is 0.0655. The van der Waals surface area contributed by atoms with E-state index in [1.165, 1.54) is 11.1 Å². The molecule has 0 saturated heterocycles. The summed E-state index contributed by atoms with van der Waals surface area (Å²) in [5, 5.41) is 16.7. The number of anilines is 2. The first-order valence-corrected chi connectivity index (χ1v) is 12.7. The normalized spacial score (nSPS) is 17.6. The molecule has 1 heterocycles. The zero-order valence-electron chi connectivity index (χ0n) is 21.1. The Bertz CT molecular complexity index is 1230. The van der Waals surface area contributed by atoms with Gasteiger partial charge in [-0.05, 0) is 62.1 Å². The van der Waals surface area contributed by atoms with Crippen molar-refractivity contribution in [3.63, 3.8) is 0 Å². The Labute approximate surface area is 218 Å². The molecule has 0 saturated carbocycles. The van der Waals surface area contributed by atoms with Crippen LogP contribution in [0.5, 0.6) is 5.75 Å². The first-order valence-electron chi connectivity index (χ1n) is 12.4. The molecule has 6 nitrogen and oxygen atoms in total. The molecule has 1 aliphatic rings. The quantitative estimate of drug-likeness (QED) is 0.314. The topological polar surface area (TPSA) is 73.8 Å². The third-order valence-electron chi connectivity index (χ3n) is 6.43. The van der Waals surface area contributed by atoms with E-state index in [-0.39, 0.29) is 6.42 Å². The van der Waals surface area contributed by atoms with E-state index in [1.807, 2.05) is 42.5 Å². The molecular weight excluding hydrogens is 474 g/mol. The molecule has 7 heteroatoms. The number of carbonyl (C=O) groups is 1. The molecule has 3 aromatic carbocycles. The van der Waals surface area contributed by atoms with E-state index in [2.05, 4.69) is 54.5 Å². The molecule has 3 N–H and O–H groups in total. The van der Waals surface area contributed by atoms with Gasteiger partial charge in [-0.2, -0.15) is 0 Å². The van der Waals surface area contributed by atoms with E-state index >= 15 is 0 Å². The lowest BCUT2D eigenvalue weighted by Crippen LogP contribution is -2.49. The van der Waals surface area contributed by atoms with Crippen molar-refractivity contribution >= 4 is 28.9 Å². The Morgan fingerprint density at radius 3 is 2.75 bits per heavy atom. The summed E-state index contributed by atoms with van der Waals surface area (Å²) in [5.41, 5.74) is 5.52. The van der Waals surface area contributed by atoms with Crippen molar-refractivity contribution in [2.75, 3.05) is 23.7 Å². The summed E-state index contributed by atoms with van der Waals surface area (Å²) >= 11 is 6.63. The van der Waals surface area contributed by atoms with Crippen LogP contribution in [0.2, 0.25) is 5.02 Å². The minimum absolute atomic E-state index is 0.126. The van der Waals surface area contributed by atoms with Gasteiger partial charge in [-0.25, -0.2) is 0 Å². The highest BCUT2D eigenvalue weighted by molar-refractivity contribution is 6.34. The molecule has 3 aromatic rings.